The molecule has 2 aliphatic rings. The summed E-state index contributed by atoms with van der Waals surface area (Å²) in [6.07, 6.45) is 2.06. The lowest BCUT2D eigenvalue weighted by Crippen LogP contribution is -2.51. The molecule has 4 rings (SSSR count). The molecule has 2 aromatic rings. The third kappa shape index (κ3) is 5.23. The van der Waals surface area contributed by atoms with E-state index >= 15 is 0 Å². The molecule has 1 aromatic carbocycles. The fourth-order valence-electron chi connectivity index (χ4n) is 5.28. The molecule has 1 aliphatic carbocycles. The second-order valence-electron chi connectivity index (χ2n) is 10.3. The number of carbonyl (C=O) groups is 2. The normalized spacial score (nSPS) is 21.9. The summed E-state index contributed by atoms with van der Waals surface area (Å²) in [7, 11) is 0. The van der Waals surface area contributed by atoms with Crippen LogP contribution in [0.5, 0.6) is 0 Å². The van der Waals surface area contributed by atoms with Gasteiger partial charge in [0.15, 0.2) is 5.78 Å². The van der Waals surface area contributed by atoms with E-state index in [1.807, 2.05) is 0 Å². The molecule has 8 heteroatoms. The highest BCUT2D eigenvalue weighted by atomic mass is 32.1. The van der Waals surface area contributed by atoms with E-state index in [9.17, 15) is 24.5 Å². The number of fused-ring (bicyclic) bond motifs is 2. The molecule has 1 aliphatic heterocycles. The van der Waals surface area contributed by atoms with Gasteiger partial charge in [-0.1, -0.05) is 12.1 Å². The Morgan fingerprint density at radius 2 is 2.03 bits per heavy atom. The maximum atomic E-state index is 14.9. The van der Waals surface area contributed by atoms with E-state index in [4.69, 9.17) is 4.74 Å². The summed E-state index contributed by atoms with van der Waals surface area (Å²) < 4.78 is 20.5. The zero-order valence-electron chi connectivity index (χ0n) is 20.1. The minimum Gasteiger partial charge on any atom is -0.444 e. The molecule has 1 aromatic heterocycles. The van der Waals surface area contributed by atoms with Crippen LogP contribution in [-0.2, 0) is 16.0 Å². The van der Waals surface area contributed by atoms with Crippen LogP contribution in [0.25, 0.3) is 11.1 Å². The van der Waals surface area contributed by atoms with Gasteiger partial charge in [0.25, 0.3) is 0 Å². The number of benzene rings is 1. The molecule has 6 nitrogen and oxygen atoms in total. The van der Waals surface area contributed by atoms with Crippen molar-refractivity contribution in [3.8, 4) is 23.3 Å². The monoisotopic (exact) mass is 493 g/mol. The Labute approximate surface area is 208 Å². The molecular formula is C27H28FN3O3S. The zero-order chi connectivity index (χ0) is 25.3. The predicted octanol–water partition coefficient (Wildman–Crippen LogP) is 5.86. The second kappa shape index (κ2) is 9.79. The number of thiophene rings is 1. The first-order valence-corrected chi connectivity index (χ1v) is 12.7. The van der Waals surface area contributed by atoms with E-state index in [0.29, 0.717) is 21.6 Å². The van der Waals surface area contributed by atoms with Gasteiger partial charge >= 0.3 is 6.09 Å². The van der Waals surface area contributed by atoms with E-state index in [1.165, 1.54) is 17.4 Å². The summed E-state index contributed by atoms with van der Waals surface area (Å²) in [5.74, 6) is -1.27. The predicted molar refractivity (Wildman–Crippen MR) is 130 cm³/mol. The van der Waals surface area contributed by atoms with Crippen molar-refractivity contribution in [2.75, 3.05) is 0 Å². The number of carbonyl (C=O) groups excluding carboxylic acids is 2. The molecule has 2 bridgehead atoms. The smallest absolute Gasteiger partial charge is 0.411 e. The standard InChI is InChI=1S/C27H28FN3O3S/c1-27(2,3)34-26(33)31-20-7-6-19(12-20)25(31)23(32)11-16(14-29)10-18-5-4-17(13-22(18)28)21-8-9-35-24(21)15-30/h4-5,8-9,13,16,19-20,25H,6-7,10-12H2,1-3H3/t16-,19+,20-,25+/m1/s1. The van der Waals surface area contributed by atoms with Gasteiger partial charge in [0.2, 0.25) is 0 Å². The van der Waals surface area contributed by atoms with Gasteiger partial charge in [0.05, 0.1) is 18.0 Å². The van der Waals surface area contributed by atoms with Gasteiger partial charge in [-0.25, -0.2) is 9.18 Å². The van der Waals surface area contributed by atoms with Crippen molar-refractivity contribution < 1.29 is 18.7 Å². The Balaban J connectivity index is 1.47. The van der Waals surface area contributed by atoms with Gasteiger partial charge < -0.3 is 4.74 Å². The SMILES string of the molecule is CC(C)(C)OC(=O)N1[C@@H]2CC[C@@H](C2)[C@H]1C(=O)C[C@H](C#N)Cc1ccc(-c2ccsc2C#N)cc1F. The first-order chi connectivity index (χ1) is 16.6. The number of hydrogen-bond acceptors (Lipinski definition) is 6. The number of amides is 1. The van der Waals surface area contributed by atoms with E-state index in [-0.39, 0.29) is 30.6 Å². The van der Waals surface area contributed by atoms with Gasteiger partial charge in [-0.3, -0.25) is 9.69 Å². The van der Waals surface area contributed by atoms with Crippen LogP contribution in [-0.4, -0.2) is 34.5 Å². The van der Waals surface area contributed by atoms with Crippen LogP contribution in [0.15, 0.2) is 29.6 Å². The molecule has 1 amide bonds. The molecule has 0 N–H and O–H groups in total. The third-order valence-electron chi connectivity index (χ3n) is 6.75. The second-order valence-corrected chi connectivity index (χ2v) is 11.3. The maximum Gasteiger partial charge on any atom is 0.411 e. The van der Waals surface area contributed by atoms with Crippen molar-refractivity contribution in [3.63, 3.8) is 0 Å². The van der Waals surface area contributed by atoms with Crippen LogP contribution < -0.4 is 0 Å². The zero-order valence-corrected chi connectivity index (χ0v) is 20.9. The number of hydrogen-bond donors (Lipinski definition) is 0. The quantitative estimate of drug-likeness (QED) is 0.503. The van der Waals surface area contributed by atoms with Crippen molar-refractivity contribution in [1.29, 1.82) is 10.5 Å². The van der Waals surface area contributed by atoms with Crippen LogP contribution >= 0.6 is 11.3 Å². The lowest BCUT2D eigenvalue weighted by Gasteiger charge is -2.35. The topological polar surface area (TPSA) is 94.2 Å². The van der Waals surface area contributed by atoms with Crippen molar-refractivity contribution in [2.24, 2.45) is 11.8 Å². The van der Waals surface area contributed by atoms with E-state index in [1.54, 1.807) is 49.3 Å². The minimum atomic E-state index is -0.710. The Hall–Kier alpha value is -3.23. The molecule has 35 heavy (non-hydrogen) atoms. The minimum absolute atomic E-state index is 0.00951. The summed E-state index contributed by atoms with van der Waals surface area (Å²) in [5.41, 5.74) is 0.957. The lowest BCUT2D eigenvalue weighted by molar-refractivity contribution is -0.126. The summed E-state index contributed by atoms with van der Waals surface area (Å²) in [5, 5.41) is 20.8. The Morgan fingerprint density at radius 1 is 1.26 bits per heavy atom. The van der Waals surface area contributed by atoms with Crippen LogP contribution in [0.4, 0.5) is 9.18 Å². The number of rotatable bonds is 6. The Kier molecular flexibility index (Phi) is 6.96. The molecule has 2 fully saturated rings. The summed E-state index contributed by atoms with van der Waals surface area (Å²) in [6.45, 7) is 5.38. The van der Waals surface area contributed by atoms with Gasteiger partial charge in [-0.15, -0.1) is 11.3 Å². The molecule has 0 spiro atoms. The molecule has 1 saturated heterocycles. The van der Waals surface area contributed by atoms with E-state index in [0.717, 1.165) is 19.3 Å². The number of halogens is 1. The van der Waals surface area contributed by atoms with Crippen LogP contribution in [0.2, 0.25) is 0 Å². The average Bonchev–Trinajstić information content (AvgIpc) is 3.54. The lowest BCUT2D eigenvalue weighted by atomic mass is 9.87. The van der Waals surface area contributed by atoms with Gasteiger partial charge in [0.1, 0.15) is 22.4 Å². The Bertz CT molecular complexity index is 1220. The number of piperidine rings is 1. The molecule has 4 atom stereocenters. The van der Waals surface area contributed by atoms with Crippen LogP contribution in [0, 0.1) is 40.3 Å². The van der Waals surface area contributed by atoms with Gasteiger partial charge in [0, 0.05) is 18.0 Å². The van der Waals surface area contributed by atoms with Crippen molar-refractivity contribution in [3.05, 3.63) is 45.9 Å². The molecule has 2 heterocycles. The molecule has 0 radical (unpaired) electrons. The highest BCUT2D eigenvalue weighted by Gasteiger charge is 2.52. The fourth-order valence-corrected chi connectivity index (χ4v) is 5.98. The summed E-state index contributed by atoms with van der Waals surface area (Å²) in [6, 6.07) is 10.2. The Morgan fingerprint density at radius 3 is 2.69 bits per heavy atom. The highest BCUT2D eigenvalue weighted by molar-refractivity contribution is 7.11. The van der Waals surface area contributed by atoms with E-state index in [2.05, 4.69) is 12.1 Å². The van der Waals surface area contributed by atoms with E-state index < -0.39 is 29.5 Å². The first-order valence-electron chi connectivity index (χ1n) is 11.8. The van der Waals surface area contributed by atoms with Crippen molar-refractivity contribution in [2.45, 2.75) is 70.6 Å². The molecule has 182 valence electrons. The molecule has 1 saturated carbocycles. The van der Waals surface area contributed by atoms with Crippen molar-refractivity contribution >= 4 is 23.2 Å². The summed E-state index contributed by atoms with van der Waals surface area (Å²) in [4.78, 5) is 28.3. The number of ketones is 1. The largest absolute Gasteiger partial charge is 0.444 e. The van der Waals surface area contributed by atoms with Crippen LogP contribution in [0.3, 0.4) is 0 Å². The maximum absolute atomic E-state index is 14.9. The average molecular weight is 494 g/mol. The van der Waals surface area contributed by atoms with Gasteiger partial charge in [-0.2, -0.15) is 10.5 Å². The fraction of sp³-hybridized carbons (Fsp3) is 0.481. The number of nitriles is 2. The highest BCUT2D eigenvalue weighted by Crippen LogP contribution is 2.44. The van der Waals surface area contributed by atoms with Crippen LogP contribution in [0.1, 0.15) is 56.9 Å². The van der Waals surface area contributed by atoms with Gasteiger partial charge in [-0.05, 0) is 81.0 Å². The molecule has 0 unspecified atom stereocenters. The third-order valence-corrected chi connectivity index (χ3v) is 7.57. The molecular weight excluding hydrogens is 465 g/mol. The number of Topliss-reactive ketones (excluding diaryl/α,β-unsaturated/α-hetero) is 1. The van der Waals surface area contributed by atoms with Crippen molar-refractivity contribution in [1.82, 2.24) is 4.90 Å². The summed E-state index contributed by atoms with van der Waals surface area (Å²) >= 11 is 1.30. The number of ether oxygens (including phenoxy) is 1. The number of likely N-dealkylation sites (tertiary alicyclic amines) is 1. The first kappa shape index (κ1) is 24.9. The number of nitrogens with zero attached hydrogens (tertiary/aromatic N) is 3.